The minimum Gasteiger partial charge on any atom is -0.389 e. The van der Waals surface area contributed by atoms with Crippen LogP contribution < -0.4 is 4.90 Å². The Morgan fingerprint density at radius 1 is 1.39 bits per heavy atom. The minimum absolute atomic E-state index is 0.323. The van der Waals surface area contributed by atoms with Crippen LogP contribution in [0.25, 0.3) is 0 Å². The monoisotopic (exact) mass is 315 g/mol. The molecule has 2 unspecified atom stereocenters. The molecule has 0 aliphatic heterocycles. The van der Waals surface area contributed by atoms with Crippen LogP contribution in [0.1, 0.15) is 32.4 Å². The fourth-order valence-corrected chi connectivity index (χ4v) is 2.81. The number of hydrogen-bond donors (Lipinski definition) is 1. The highest BCUT2D eigenvalue weighted by Gasteiger charge is 2.14. The first-order chi connectivity index (χ1) is 8.51. The van der Waals surface area contributed by atoms with Crippen molar-refractivity contribution in [1.82, 2.24) is 0 Å². The smallest absolute Gasteiger partial charge is 0.0772 e. The summed E-state index contributed by atoms with van der Waals surface area (Å²) in [6.07, 6.45) is -0.458. The first-order valence-electron chi connectivity index (χ1n) is 6.24. The molecule has 18 heavy (non-hydrogen) atoms. The molecule has 1 aromatic rings. The summed E-state index contributed by atoms with van der Waals surface area (Å²) in [5.41, 5.74) is 2.05. The van der Waals surface area contributed by atoms with Crippen LogP contribution in [-0.4, -0.2) is 31.4 Å². The molecule has 0 radical (unpaired) electrons. The molecule has 1 rings (SSSR count). The van der Waals surface area contributed by atoms with Crippen molar-refractivity contribution in [1.29, 1.82) is 0 Å². The van der Waals surface area contributed by atoms with Gasteiger partial charge in [-0.1, -0.05) is 22.0 Å². The van der Waals surface area contributed by atoms with Crippen LogP contribution in [0.5, 0.6) is 0 Å². The number of likely N-dealkylation sites (N-methyl/N-ethyl adjacent to an activating group) is 1. The number of halogens is 1. The topological polar surface area (TPSA) is 32.7 Å². The first-order valence-corrected chi connectivity index (χ1v) is 7.03. The summed E-state index contributed by atoms with van der Waals surface area (Å²) >= 11 is 3.52. The number of hydrogen-bond acceptors (Lipinski definition) is 3. The summed E-state index contributed by atoms with van der Waals surface area (Å²) in [5, 5.41) is 9.62. The predicted molar refractivity (Wildman–Crippen MR) is 79.1 cm³/mol. The van der Waals surface area contributed by atoms with E-state index in [2.05, 4.69) is 40.7 Å². The van der Waals surface area contributed by atoms with Crippen molar-refractivity contribution in [2.75, 3.05) is 25.2 Å². The van der Waals surface area contributed by atoms with E-state index in [0.717, 1.165) is 22.3 Å². The fraction of sp³-hybridized carbons (Fsp3) is 0.571. The van der Waals surface area contributed by atoms with Gasteiger partial charge in [-0.3, -0.25) is 0 Å². The highest BCUT2D eigenvalue weighted by atomic mass is 79.9. The maximum atomic E-state index is 9.62. The van der Waals surface area contributed by atoms with Crippen molar-refractivity contribution < 1.29 is 9.84 Å². The van der Waals surface area contributed by atoms with Gasteiger partial charge in [0.25, 0.3) is 0 Å². The van der Waals surface area contributed by atoms with E-state index in [9.17, 15) is 5.11 Å². The fourth-order valence-electron chi connectivity index (χ4n) is 2.11. The van der Waals surface area contributed by atoms with Crippen LogP contribution in [0.3, 0.4) is 0 Å². The summed E-state index contributed by atoms with van der Waals surface area (Å²) in [6.45, 7) is 7.66. The standard InChI is InChI=1S/C14H22BrNO2/c1-5-16(10(2)9-18-4)12-6-7-13(11(3)17)14(15)8-12/h6-8,10-11,17H,5,9H2,1-4H3. The molecule has 102 valence electrons. The second-order valence-electron chi connectivity index (χ2n) is 4.47. The summed E-state index contributed by atoms with van der Waals surface area (Å²) < 4.78 is 6.15. The van der Waals surface area contributed by atoms with Gasteiger partial charge in [0, 0.05) is 29.9 Å². The molecule has 0 spiro atoms. The molecular formula is C14H22BrNO2. The Balaban J connectivity index is 2.97. The highest BCUT2D eigenvalue weighted by molar-refractivity contribution is 9.10. The Hall–Kier alpha value is -0.580. The zero-order valence-electron chi connectivity index (χ0n) is 11.5. The largest absolute Gasteiger partial charge is 0.389 e. The van der Waals surface area contributed by atoms with E-state index in [1.165, 1.54) is 0 Å². The average Bonchev–Trinajstić information content (AvgIpc) is 2.29. The zero-order chi connectivity index (χ0) is 13.7. The Bertz CT molecular complexity index is 382. The van der Waals surface area contributed by atoms with Gasteiger partial charge in [0.2, 0.25) is 0 Å². The Kier molecular flexibility index (Phi) is 6.12. The lowest BCUT2D eigenvalue weighted by Gasteiger charge is -2.30. The molecule has 0 saturated carbocycles. The zero-order valence-corrected chi connectivity index (χ0v) is 13.1. The minimum atomic E-state index is -0.458. The molecule has 0 saturated heterocycles. The second-order valence-corrected chi connectivity index (χ2v) is 5.33. The molecule has 0 aliphatic rings. The lowest BCUT2D eigenvalue weighted by atomic mass is 10.1. The van der Waals surface area contributed by atoms with E-state index < -0.39 is 6.10 Å². The molecule has 1 N–H and O–H groups in total. The van der Waals surface area contributed by atoms with Crippen molar-refractivity contribution in [2.45, 2.75) is 32.9 Å². The predicted octanol–water partition coefficient (Wildman–Crippen LogP) is 3.36. The molecule has 0 amide bonds. The highest BCUT2D eigenvalue weighted by Crippen LogP contribution is 2.29. The van der Waals surface area contributed by atoms with E-state index in [0.29, 0.717) is 12.6 Å². The molecular weight excluding hydrogens is 294 g/mol. The lowest BCUT2D eigenvalue weighted by molar-refractivity contribution is 0.182. The molecule has 0 heterocycles. The van der Waals surface area contributed by atoms with Gasteiger partial charge in [-0.25, -0.2) is 0 Å². The third-order valence-electron chi connectivity index (χ3n) is 3.05. The molecule has 0 aromatic heterocycles. The Morgan fingerprint density at radius 2 is 2.06 bits per heavy atom. The number of benzene rings is 1. The van der Waals surface area contributed by atoms with Crippen LogP contribution in [0.2, 0.25) is 0 Å². The van der Waals surface area contributed by atoms with Gasteiger partial charge in [-0.2, -0.15) is 0 Å². The number of rotatable bonds is 6. The van der Waals surface area contributed by atoms with E-state index in [-0.39, 0.29) is 0 Å². The first kappa shape index (κ1) is 15.5. The number of methoxy groups -OCH3 is 1. The van der Waals surface area contributed by atoms with E-state index in [1.54, 1.807) is 14.0 Å². The maximum Gasteiger partial charge on any atom is 0.0772 e. The Labute approximate surface area is 118 Å². The molecule has 0 bridgehead atoms. The van der Waals surface area contributed by atoms with Crippen molar-refractivity contribution in [3.63, 3.8) is 0 Å². The van der Waals surface area contributed by atoms with Gasteiger partial charge in [-0.05, 0) is 38.5 Å². The summed E-state index contributed by atoms with van der Waals surface area (Å²) in [4.78, 5) is 2.28. The van der Waals surface area contributed by atoms with Crippen LogP contribution in [0.4, 0.5) is 5.69 Å². The van der Waals surface area contributed by atoms with Crippen LogP contribution in [0, 0.1) is 0 Å². The van der Waals surface area contributed by atoms with Gasteiger partial charge in [-0.15, -0.1) is 0 Å². The quantitative estimate of drug-likeness (QED) is 0.873. The summed E-state index contributed by atoms with van der Waals surface area (Å²) in [7, 11) is 1.72. The van der Waals surface area contributed by atoms with Crippen LogP contribution in [-0.2, 0) is 4.74 Å². The maximum absolute atomic E-state index is 9.62. The van der Waals surface area contributed by atoms with Gasteiger partial charge < -0.3 is 14.7 Å². The molecule has 4 heteroatoms. The lowest BCUT2D eigenvalue weighted by Crippen LogP contribution is -2.36. The van der Waals surface area contributed by atoms with E-state index in [4.69, 9.17) is 4.74 Å². The van der Waals surface area contributed by atoms with Crippen molar-refractivity contribution in [2.24, 2.45) is 0 Å². The molecule has 3 nitrogen and oxygen atoms in total. The van der Waals surface area contributed by atoms with Gasteiger partial charge >= 0.3 is 0 Å². The third kappa shape index (κ3) is 3.70. The molecule has 2 atom stereocenters. The molecule has 0 fully saturated rings. The molecule has 1 aromatic carbocycles. The van der Waals surface area contributed by atoms with E-state index in [1.807, 2.05) is 12.1 Å². The number of anilines is 1. The summed E-state index contributed by atoms with van der Waals surface area (Å²) in [5.74, 6) is 0. The van der Waals surface area contributed by atoms with Gasteiger partial charge in [0.1, 0.15) is 0 Å². The van der Waals surface area contributed by atoms with Crippen LogP contribution >= 0.6 is 15.9 Å². The number of aliphatic hydroxyl groups is 1. The second kappa shape index (κ2) is 7.12. The number of nitrogens with zero attached hydrogens (tertiary/aromatic N) is 1. The number of aliphatic hydroxyl groups excluding tert-OH is 1. The van der Waals surface area contributed by atoms with E-state index >= 15 is 0 Å². The Morgan fingerprint density at radius 3 is 2.50 bits per heavy atom. The van der Waals surface area contributed by atoms with Crippen molar-refractivity contribution in [3.8, 4) is 0 Å². The van der Waals surface area contributed by atoms with Crippen LogP contribution in [0.15, 0.2) is 22.7 Å². The molecule has 0 aliphatic carbocycles. The van der Waals surface area contributed by atoms with Gasteiger partial charge in [0.15, 0.2) is 0 Å². The number of ether oxygens (including phenoxy) is 1. The van der Waals surface area contributed by atoms with Crippen molar-refractivity contribution >= 4 is 21.6 Å². The third-order valence-corrected chi connectivity index (χ3v) is 3.73. The average molecular weight is 316 g/mol. The van der Waals surface area contributed by atoms with Crippen molar-refractivity contribution in [3.05, 3.63) is 28.2 Å². The summed E-state index contributed by atoms with van der Waals surface area (Å²) in [6, 6.07) is 6.39. The van der Waals surface area contributed by atoms with Gasteiger partial charge in [0.05, 0.1) is 12.7 Å². The normalized spacial score (nSPS) is 14.3. The SMILES string of the molecule is CCN(c1ccc(C(C)O)c(Br)c1)C(C)COC.